The quantitative estimate of drug-likeness (QED) is 0.798. The van der Waals surface area contributed by atoms with Gasteiger partial charge in [0, 0.05) is 17.0 Å². The van der Waals surface area contributed by atoms with Gasteiger partial charge < -0.3 is 10.5 Å². The third kappa shape index (κ3) is 3.96. The Morgan fingerprint density at radius 3 is 2.76 bits per heavy atom. The first-order chi connectivity index (χ1) is 9.92. The molecule has 0 bridgehead atoms. The highest BCUT2D eigenvalue weighted by atomic mass is 32.2. The molecule has 1 aromatic carbocycles. The number of nitrogen functional groups attached to an aromatic ring is 1. The normalized spacial score (nSPS) is 13.0. The largest absolute Gasteiger partial charge is 0.495 e. The number of benzene rings is 1. The first kappa shape index (κ1) is 15.8. The van der Waals surface area contributed by atoms with Crippen molar-refractivity contribution in [2.75, 3.05) is 12.8 Å². The van der Waals surface area contributed by atoms with E-state index in [1.807, 2.05) is 24.4 Å². The van der Waals surface area contributed by atoms with Gasteiger partial charge in [0.15, 0.2) is 0 Å². The van der Waals surface area contributed by atoms with Gasteiger partial charge in [-0.2, -0.15) is 0 Å². The zero-order valence-electron chi connectivity index (χ0n) is 11.9. The van der Waals surface area contributed by atoms with Crippen molar-refractivity contribution in [1.82, 2.24) is 4.72 Å². The first-order valence-electron chi connectivity index (χ1n) is 6.40. The van der Waals surface area contributed by atoms with Crippen molar-refractivity contribution < 1.29 is 13.2 Å². The van der Waals surface area contributed by atoms with Crippen LogP contribution in [-0.4, -0.2) is 21.6 Å². The third-order valence-corrected chi connectivity index (χ3v) is 5.44. The molecule has 0 fully saturated rings. The van der Waals surface area contributed by atoms with Crippen LogP contribution in [0.25, 0.3) is 0 Å². The van der Waals surface area contributed by atoms with Crippen molar-refractivity contribution in [3.8, 4) is 5.75 Å². The first-order valence-corrected chi connectivity index (χ1v) is 8.77. The molecule has 3 N–H and O–H groups in total. The van der Waals surface area contributed by atoms with E-state index in [4.69, 9.17) is 10.5 Å². The number of nitrogens with one attached hydrogen (secondary N) is 1. The summed E-state index contributed by atoms with van der Waals surface area (Å²) in [5.74, 6) is 0.351. The molecule has 0 amide bonds. The molecule has 0 radical (unpaired) electrons. The number of nitrogens with two attached hydrogens (primary N) is 1. The van der Waals surface area contributed by atoms with E-state index in [1.54, 1.807) is 11.3 Å². The van der Waals surface area contributed by atoms with E-state index in [0.717, 1.165) is 4.88 Å². The topological polar surface area (TPSA) is 81.4 Å². The van der Waals surface area contributed by atoms with Gasteiger partial charge in [0.2, 0.25) is 10.0 Å². The highest BCUT2D eigenvalue weighted by Gasteiger charge is 2.19. The van der Waals surface area contributed by atoms with Gasteiger partial charge in [-0.25, -0.2) is 13.1 Å². The fourth-order valence-electron chi connectivity index (χ4n) is 1.96. The second-order valence-corrected chi connectivity index (χ2v) is 7.46. The molecule has 2 rings (SSSR count). The molecule has 5 nitrogen and oxygen atoms in total. The average Bonchev–Trinajstić information content (AvgIpc) is 2.91. The molecule has 0 spiro atoms. The van der Waals surface area contributed by atoms with Gasteiger partial charge in [0.25, 0.3) is 0 Å². The van der Waals surface area contributed by atoms with Crippen LogP contribution in [0, 0.1) is 0 Å². The Balaban J connectivity index is 2.14. The zero-order chi connectivity index (χ0) is 15.5. The summed E-state index contributed by atoms with van der Waals surface area (Å²) in [7, 11) is -2.14. The van der Waals surface area contributed by atoms with Crippen LogP contribution >= 0.6 is 11.3 Å². The molecule has 1 aromatic heterocycles. The zero-order valence-corrected chi connectivity index (χ0v) is 13.5. The Morgan fingerprint density at radius 1 is 1.38 bits per heavy atom. The van der Waals surface area contributed by atoms with E-state index in [0.29, 0.717) is 17.9 Å². The van der Waals surface area contributed by atoms with Gasteiger partial charge >= 0.3 is 0 Å². The smallest absolute Gasteiger partial charge is 0.240 e. The van der Waals surface area contributed by atoms with Crippen molar-refractivity contribution in [3.05, 3.63) is 40.6 Å². The van der Waals surface area contributed by atoms with Gasteiger partial charge in [0.05, 0.1) is 17.7 Å². The van der Waals surface area contributed by atoms with E-state index in [2.05, 4.69) is 4.72 Å². The number of hydrogen-bond donors (Lipinski definition) is 2. The van der Waals surface area contributed by atoms with E-state index in [-0.39, 0.29) is 10.9 Å². The highest BCUT2D eigenvalue weighted by molar-refractivity contribution is 7.89. The number of hydrogen-bond acceptors (Lipinski definition) is 5. The summed E-state index contributed by atoms with van der Waals surface area (Å²) in [4.78, 5) is 1.28. The molecule has 21 heavy (non-hydrogen) atoms. The van der Waals surface area contributed by atoms with Crippen LogP contribution < -0.4 is 15.2 Å². The monoisotopic (exact) mass is 326 g/mol. The maximum absolute atomic E-state index is 12.3. The number of anilines is 1. The summed E-state index contributed by atoms with van der Waals surface area (Å²) in [6.07, 6.45) is 0.656. The van der Waals surface area contributed by atoms with Crippen molar-refractivity contribution in [2.24, 2.45) is 0 Å². The minimum Gasteiger partial charge on any atom is -0.495 e. The predicted molar refractivity (Wildman–Crippen MR) is 85.2 cm³/mol. The van der Waals surface area contributed by atoms with Gasteiger partial charge in [-0.05, 0) is 36.9 Å². The fourth-order valence-corrected chi connectivity index (χ4v) is 4.06. The summed E-state index contributed by atoms with van der Waals surface area (Å²) < 4.78 is 32.4. The van der Waals surface area contributed by atoms with Gasteiger partial charge in [0.1, 0.15) is 5.75 Å². The summed E-state index contributed by atoms with van der Waals surface area (Å²) in [6.45, 7) is 1.84. The van der Waals surface area contributed by atoms with Gasteiger partial charge in [-0.1, -0.05) is 6.07 Å². The lowest BCUT2D eigenvalue weighted by atomic mass is 10.2. The number of sulfonamides is 1. The molecular formula is C14H18N2O3S2. The molecule has 0 saturated heterocycles. The molecule has 0 aliphatic rings. The average molecular weight is 326 g/mol. The van der Waals surface area contributed by atoms with Crippen LogP contribution in [-0.2, 0) is 16.4 Å². The fraction of sp³-hybridized carbons (Fsp3) is 0.286. The maximum atomic E-state index is 12.3. The lowest BCUT2D eigenvalue weighted by Gasteiger charge is -2.14. The van der Waals surface area contributed by atoms with Crippen LogP contribution in [0.15, 0.2) is 40.6 Å². The molecule has 2 aromatic rings. The predicted octanol–water partition coefficient (Wildman–Crippen LogP) is 2.25. The SMILES string of the molecule is COc1cc(S(=O)(=O)NC(C)Cc2cccs2)ccc1N. The molecule has 1 atom stereocenters. The number of rotatable bonds is 6. The summed E-state index contributed by atoms with van der Waals surface area (Å²) in [5, 5.41) is 1.97. The second-order valence-electron chi connectivity index (χ2n) is 4.71. The summed E-state index contributed by atoms with van der Waals surface area (Å²) >= 11 is 1.61. The van der Waals surface area contributed by atoms with Crippen LogP contribution in [0.1, 0.15) is 11.8 Å². The molecule has 1 unspecified atom stereocenters. The van der Waals surface area contributed by atoms with Crippen molar-refractivity contribution in [3.63, 3.8) is 0 Å². The Labute approximate surface area is 128 Å². The molecule has 114 valence electrons. The lowest BCUT2D eigenvalue weighted by Crippen LogP contribution is -2.33. The minimum absolute atomic E-state index is 0.145. The molecule has 1 heterocycles. The standard InChI is InChI=1S/C14H18N2O3S2/c1-10(8-11-4-3-7-20-11)16-21(17,18)12-5-6-13(15)14(9-12)19-2/h3-7,9-10,16H,8,15H2,1-2H3. The maximum Gasteiger partial charge on any atom is 0.240 e. The van der Waals surface area contributed by atoms with Crippen molar-refractivity contribution in [2.45, 2.75) is 24.3 Å². The number of thiophene rings is 1. The molecule has 0 saturated carbocycles. The Kier molecular flexibility index (Phi) is 4.87. The second kappa shape index (κ2) is 6.46. The van der Waals surface area contributed by atoms with Crippen molar-refractivity contribution >= 4 is 27.0 Å². The summed E-state index contributed by atoms with van der Waals surface area (Å²) in [5.41, 5.74) is 6.10. The Morgan fingerprint density at radius 2 is 2.14 bits per heavy atom. The third-order valence-electron chi connectivity index (χ3n) is 2.96. The van der Waals surface area contributed by atoms with E-state index in [9.17, 15) is 8.42 Å². The molecular weight excluding hydrogens is 308 g/mol. The Bertz CT molecular complexity index is 697. The molecule has 0 aliphatic heterocycles. The van der Waals surface area contributed by atoms with Crippen molar-refractivity contribution in [1.29, 1.82) is 0 Å². The number of methoxy groups -OCH3 is 1. The van der Waals surface area contributed by atoms with Crippen LogP contribution in [0.3, 0.4) is 0 Å². The van der Waals surface area contributed by atoms with Gasteiger partial charge in [-0.15, -0.1) is 11.3 Å². The Hall–Kier alpha value is -1.57. The van der Waals surface area contributed by atoms with Crippen LogP contribution in [0.5, 0.6) is 5.75 Å². The highest BCUT2D eigenvalue weighted by Crippen LogP contribution is 2.25. The molecule has 7 heteroatoms. The minimum atomic E-state index is -3.59. The van der Waals surface area contributed by atoms with Crippen LogP contribution in [0.4, 0.5) is 5.69 Å². The number of ether oxygens (including phenoxy) is 1. The van der Waals surface area contributed by atoms with Crippen LogP contribution in [0.2, 0.25) is 0 Å². The van der Waals surface area contributed by atoms with E-state index < -0.39 is 10.0 Å². The summed E-state index contributed by atoms with van der Waals surface area (Å²) in [6, 6.07) is 8.16. The van der Waals surface area contributed by atoms with E-state index in [1.165, 1.54) is 25.3 Å². The van der Waals surface area contributed by atoms with Gasteiger partial charge in [-0.3, -0.25) is 0 Å². The molecule has 0 aliphatic carbocycles. The van der Waals surface area contributed by atoms with E-state index >= 15 is 0 Å². The lowest BCUT2D eigenvalue weighted by molar-refractivity contribution is 0.415.